The van der Waals surface area contributed by atoms with Crippen LogP contribution in [0, 0.1) is 19.7 Å². The van der Waals surface area contributed by atoms with Gasteiger partial charge in [0.25, 0.3) is 11.5 Å². The second-order valence-corrected chi connectivity index (χ2v) is 6.62. The summed E-state index contributed by atoms with van der Waals surface area (Å²) in [5, 5.41) is 3.64. The molecule has 0 aliphatic heterocycles. The number of aryl methyl sites for hydroxylation is 2. The van der Waals surface area contributed by atoms with Gasteiger partial charge in [-0.2, -0.15) is 0 Å². The minimum absolute atomic E-state index is 0.0529. The van der Waals surface area contributed by atoms with Crippen LogP contribution in [0.4, 0.5) is 4.39 Å². The molecule has 0 bridgehead atoms. The van der Waals surface area contributed by atoms with Crippen LogP contribution < -0.4 is 10.9 Å². The molecule has 0 atom stereocenters. The average Bonchev–Trinajstić information content (AvgIpc) is 2.59. The maximum absolute atomic E-state index is 13.8. The predicted octanol–water partition coefficient (Wildman–Crippen LogP) is 3.91. The van der Waals surface area contributed by atoms with Crippen LogP contribution >= 0.6 is 11.6 Å². The molecule has 134 valence electrons. The quantitative estimate of drug-likeness (QED) is 0.729. The van der Waals surface area contributed by atoms with Crippen LogP contribution in [0.2, 0.25) is 5.02 Å². The van der Waals surface area contributed by atoms with Gasteiger partial charge in [-0.25, -0.2) is 4.39 Å². The van der Waals surface area contributed by atoms with Gasteiger partial charge >= 0.3 is 0 Å². The molecule has 1 aromatic heterocycles. The fraction of sp³-hybridized carbons (Fsp3) is 0.200. The first-order valence-corrected chi connectivity index (χ1v) is 8.60. The van der Waals surface area contributed by atoms with E-state index in [1.54, 1.807) is 0 Å². The number of nitrogens with one attached hydrogen (secondary N) is 2. The molecular formula is C20H18ClFN2O2. The molecule has 6 heteroatoms. The highest BCUT2D eigenvalue weighted by atomic mass is 35.5. The van der Waals surface area contributed by atoms with E-state index in [2.05, 4.69) is 10.3 Å². The maximum atomic E-state index is 13.8. The van der Waals surface area contributed by atoms with E-state index in [-0.39, 0.29) is 22.7 Å². The Bertz CT molecular complexity index is 1040. The smallest absolute Gasteiger partial charge is 0.255 e. The van der Waals surface area contributed by atoms with Crippen LogP contribution in [0.5, 0.6) is 0 Å². The minimum atomic E-state index is -0.676. The molecule has 3 rings (SSSR count). The van der Waals surface area contributed by atoms with Gasteiger partial charge in [-0.05, 0) is 49.6 Å². The van der Waals surface area contributed by atoms with Crippen molar-refractivity contribution in [1.82, 2.24) is 10.3 Å². The standard InChI is InChI=1S/C20H18ClFN2O2/c1-11-6-7-12(2)18-14(11)10-13(19(25)24-18)8-9-23-20(26)17-15(21)4-3-5-16(17)22/h3-7,10H,8-9H2,1-2H3,(H,23,26)(H,24,25). The molecule has 2 N–H and O–H groups in total. The number of halogens is 2. The maximum Gasteiger partial charge on any atom is 0.255 e. The zero-order chi connectivity index (χ0) is 18.8. The number of fused-ring (bicyclic) bond motifs is 1. The molecule has 2 aromatic carbocycles. The Kier molecular flexibility index (Phi) is 5.09. The first-order valence-electron chi connectivity index (χ1n) is 8.23. The van der Waals surface area contributed by atoms with Gasteiger partial charge in [0.05, 0.1) is 16.1 Å². The number of hydrogen-bond donors (Lipinski definition) is 2. The molecule has 0 saturated carbocycles. The van der Waals surface area contributed by atoms with Crippen molar-refractivity contribution < 1.29 is 9.18 Å². The summed E-state index contributed by atoms with van der Waals surface area (Å²) in [6.07, 6.45) is 0.330. The molecule has 4 nitrogen and oxygen atoms in total. The number of carbonyl (C=O) groups is 1. The van der Waals surface area contributed by atoms with Gasteiger partial charge in [-0.3, -0.25) is 9.59 Å². The third-order valence-corrected chi connectivity index (χ3v) is 4.71. The average molecular weight is 373 g/mol. The van der Waals surface area contributed by atoms with E-state index >= 15 is 0 Å². The fourth-order valence-electron chi connectivity index (χ4n) is 2.92. The normalized spacial score (nSPS) is 10.9. The Morgan fingerprint density at radius 3 is 2.65 bits per heavy atom. The molecule has 0 unspecified atom stereocenters. The van der Waals surface area contributed by atoms with Crippen molar-refractivity contribution in [3.8, 4) is 0 Å². The van der Waals surface area contributed by atoms with Gasteiger partial charge in [-0.15, -0.1) is 0 Å². The molecule has 1 amide bonds. The Labute approximate surface area is 155 Å². The molecule has 3 aromatic rings. The number of aromatic nitrogens is 1. The number of carbonyl (C=O) groups excluding carboxylic acids is 1. The molecular weight excluding hydrogens is 355 g/mol. The van der Waals surface area contributed by atoms with Crippen molar-refractivity contribution in [2.24, 2.45) is 0 Å². The SMILES string of the molecule is Cc1ccc(C)c2[nH]c(=O)c(CCNC(=O)c3c(F)cccc3Cl)cc12. The number of hydrogen-bond acceptors (Lipinski definition) is 2. The van der Waals surface area contributed by atoms with E-state index in [1.165, 1.54) is 18.2 Å². The summed E-state index contributed by atoms with van der Waals surface area (Å²) >= 11 is 5.89. The van der Waals surface area contributed by atoms with Crippen molar-refractivity contribution in [1.29, 1.82) is 0 Å². The van der Waals surface area contributed by atoms with Crippen LogP contribution in [0.15, 0.2) is 41.2 Å². The number of amides is 1. The Hall–Kier alpha value is -2.66. The van der Waals surface area contributed by atoms with E-state index < -0.39 is 11.7 Å². The van der Waals surface area contributed by atoms with E-state index in [0.29, 0.717) is 12.0 Å². The van der Waals surface area contributed by atoms with Gasteiger partial charge in [0.1, 0.15) is 5.82 Å². The van der Waals surface area contributed by atoms with Crippen molar-refractivity contribution in [2.75, 3.05) is 6.54 Å². The monoisotopic (exact) mass is 372 g/mol. The fourth-order valence-corrected chi connectivity index (χ4v) is 3.17. The first kappa shape index (κ1) is 18.1. The molecule has 1 heterocycles. The highest BCUT2D eigenvalue weighted by molar-refractivity contribution is 6.33. The molecule has 0 spiro atoms. The summed E-state index contributed by atoms with van der Waals surface area (Å²) in [4.78, 5) is 27.4. The van der Waals surface area contributed by atoms with E-state index in [9.17, 15) is 14.0 Å². The molecule has 0 aliphatic rings. The Balaban J connectivity index is 1.78. The molecule has 0 saturated heterocycles. The molecule has 0 fully saturated rings. The summed E-state index contributed by atoms with van der Waals surface area (Å²) < 4.78 is 13.8. The van der Waals surface area contributed by atoms with Crippen LogP contribution in [0.1, 0.15) is 27.0 Å². The van der Waals surface area contributed by atoms with E-state index in [0.717, 1.165) is 22.0 Å². The van der Waals surface area contributed by atoms with Crippen LogP contribution in [0.25, 0.3) is 10.9 Å². The molecule has 26 heavy (non-hydrogen) atoms. The second-order valence-electron chi connectivity index (χ2n) is 6.21. The highest BCUT2D eigenvalue weighted by Gasteiger charge is 2.15. The summed E-state index contributed by atoms with van der Waals surface area (Å²) in [6.45, 7) is 4.12. The van der Waals surface area contributed by atoms with Crippen molar-refractivity contribution >= 4 is 28.4 Å². The van der Waals surface area contributed by atoms with Crippen LogP contribution in [-0.2, 0) is 6.42 Å². The lowest BCUT2D eigenvalue weighted by atomic mass is 10.0. The van der Waals surface area contributed by atoms with E-state index in [4.69, 9.17) is 11.6 Å². The van der Waals surface area contributed by atoms with Crippen molar-refractivity contribution in [2.45, 2.75) is 20.3 Å². The Morgan fingerprint density at radius 2 is 1.92 bits per heavy atom. The first-order chi connectivity index (χ1) is 12.4. The second kappa shape index (κ2) is 7.30. The third kappa shape index (κ3) is 3.48. The number of benzene rings is 2. The van der Waals surface area contributed by atoms with Gasteiger partial charge in [0, 0.05) is 17.5 Å². The lowest BCUT2D eigenvalue weighted by molar-refractivity contribution is 0.0950. The summed E-state index contributed by atoms with van der Waals surface area (Å²) in [6, 6.07) is 9.89. The number of pyridine rings is 1. The summed E-state index contributed by atoms with van der Waals surface area (Å²) in [5.41, 5.74) is 3.06. The number of rotatable bonds is 4. The highest BCUT2D eigenvalue weighted by Crippen LogP contribution is 2.20. The van der Waals surface area contributed by atoms with Gasteiger partial charge in [-0.1, -0.05) is 29.8 Å². The summed E-state index contributed by atoms with van der Waals surface area (Å²) in [5.74, 6) is -1.28. The lowest BCUT2D eigenvalue weighted by Gasteiger charge is -2.10. The molecule has 0 radical (unpaired) electrons. The van der Waals surface area contributed by atoms with Gasteiger partial charge < -0.3 is 10.3 Å². The lowest BCUT2D eigenvalue weighted by Crippen LogP contribution is -2.28. The van der Waals surface area contributed by atoms with Gasteiger partial charge in [0.2, 0.25) is 0 Å². The number of H-pyrrole nitrogens is 1. The largest absolute Gasteiger partial charge is 0.352 e. The summed E-state index contributed by atoms with van der Waals surface area (Å²) in [7, 11) is 0. The van der Waals surface area contributed by atoms with Crippen molar-refractivity contribution in [3.63, 3.8) is 0 Å². The Morgan fingerprint density at radius 1 is 1.19 bits per heavy atom. The predicted molar refractivity (Wildman–Crippen MR) is 101 cm³/mol. The topological polar surface area (TPSA) is 62.0 Å². The molecule has 0 aliphatic carbocycles. The van der Waals surface area contributed by atoms with Crippen molar-refractivity contribution in [3.05, 3.63) is 79.8 Å². The minimum Gasteiger partial charge on any atom is -0.352 e. The van der Waals surface area contributed by atoms with Crippen LogP contribution in [-0.4, -0.2) is 17.4 Å². The van der Waals surface area contributed by atoms with Crippen LogP contribution in [0.3, 0.4) is 0 Å². The zero-order valence-electron chi connectivity index (χ0n) is 14.5. The number of aromatic amines is 1. The van der Waals surface area contributed by atoms with E-state index in [1.807, 2.05) is 32.0 Å². The zero-order valence-corrected chi connectivity index (χ0v) is 15.2. The van der Waals surface area contributed by atoms with Gasteiger partial charge in [0.15, 0.2) is 0 Å². The third-order valence-electron chi connectivity index (χ3n) is 4.39.